The van der Waals surface area contributed by atoms with Crippen LogP contribution in [0.3, 0.4) is 0 Å². The maximum atomic E-state index is 12.5. The number of sulfonamides is 1. The smallest absolute Gasteiger partial charge is 0.328 e. The highest BCUT2D eigenvalue weighted by Crippen LogP contribution is 2.22. The average molecular weight is 330 g/mol. The largest absolute Gasteiger partial charge is 0.480 e. The molecule has 1 aromatic rings. The molecule has 0 spiro atoms. The maximum Gasteiger partial charge on any atom is 0.328 e. The van der Waals surface area contributed by atoms with Crippen molar-refractivity contribution in [3.63, 3.8) is 0 Å². The molecule has 1 fully saturated rings. The quantitative estimate of drug-likeness (QED) is 0.665. The van der Waals surface area contributed by atoms with E-state index in [4.69, 9.17) is 5.11 Å². The van der Waals surface area contributed by atoms with Gasteiger partial charge in [0.15, 0.2) is 6.04 Å². The number of amides is 1. The second-order valence-corrected chi connectivity index (χ2v) is 6.66. The molecular formula is C13H15FN2O5S. The Hall–Kier alpha value is -2.00. The Kier molecular flexibility index (Phi) is 4.77. The molecule has 2 rings (SSSR count). The fraction of sp³-hybridized carbons (Fsp3) is 0.385. The number of rotatable bonds is 7. The fourth-order valence-electron chi connectivity index (χ4n) is 1.70. The van der Waals surface area contributed by atoms with E-state index in [9.17, 15) is 22.4 Å². The summed E-state index contributed by atoms with van der Waals surface area (Å²) in [5.74, 6) is -2.36. The van der Waals surface area contributed by atoms with Gasteiger partial charge in [0.05, 0.1) is 4.90 Å². The molecule has 1 atom stereocenters. The first-order chi connectivity index (χ1) is 10.3. The zero-order valence-corrected chi connectivity index (χ0v) is 12.3. The highest BCUT2D eigenvalue weighted by molar-refractivity contribution is 7.89. The lowest BCUT2D eigenvalue weighted by Crippen LogP contribution is -2.42. The third-order valence-electron chi connectivity index (χ3n) is 3.06. The Morgan fingerprint density at radius 1 is 1.36 bits per heavy atom. The summed E-state index contributed by atoms with van der Waals surface area (Å²) in [6, 6.07) is 3.38. The Morgan fingerprint density at radius 3 is 2.59 bits per heavy atom. The van der Waals surface area contributed by atoms with Gasteiger partial charge < -0.3 is 10.4 Å². The van der Waals surface area contributed by atoms with Crippen molar-refractivity contribution in [1.82, 2.24) is 10.0 Å². The second-order valence-electron chi connectivity index (χ2n) is 4.94. The van der Waals surface area contributed by atoms with Crippen LogP contribution in [-0.4, -0.2) is 44.2 Å². The third-order valence-corrected chi connectivity index (χ3v) is 4.58. The summed E-state index contributed by atoms with van der Waals surface area (Å²) in [4.78, 5) is 22.5. The van der Waals surface area contributed by atoms with E-state index in [0.717, 1.165) is 18.9 Å². The maximum absolute atomic E-state index is 12.5. The van der Waals surface area contributed by atoms with Crippen molar-refractivity contribution in [2.45, 2.75) is 29.8 Å². The number of nitrogens with one attached hydrogen (secondary N) is 2. The number of carbonyl (C=O) groups is 2. The monoisotopic (exact) mass is 330 g/mol. The van der Waals surface area contributed by atoms with Gasteiger partial charge in [0, 0.05) is 11.6 Å². The zero-order valence-electron chi connectivity index (χ0n) is 11.5. The van der Waals surface area contributed by atoms with Crippen molar-refractivity contribution in [1.29, 1.82) is 0 Å². The Balaban J connectivity index is 2.17. The molecule has 22 heavy (non-hydrogen) atoms. The molecule has 0 heterocycles. The van der Waals surface area contributed by atoms with Crippen molar-refractivity contribution in [3.8, 4) is 0 Å². The van der Waals surface area contributed by atoms with Crippen LogP contribution < -0.4 is 10.0 Å². The first-order valence-electron chi connectivity index (χ1n) is 6.55. The molecule has 1 saturated carbocycles. The summed E-state index contributed by atoms with van der Waals surface area (Å²) >= 11 is 0. The molecule has 1 amide bonds. The summed E-state index contributed by atoms with van der Waals surface area (Å²) in [5.41, 5.74) is -0.0571. The molecule has 9 heteroatoms. The van der Waals surface area contributed by atoms with Crippen LogP contribution in [0, 0.1) is 0 Å². The van der Waals surface area contributed by atoms with Crippen LogP contribution in [0.15, 0.2) is 29.2 Å². The SMILES string of the molecule is O=C(NC(CF)C(=O)O)c1cccc(S(=O)(=O)NC2CC2)c1. The van der Waals surface area contributed by atoms with Gasteiger partial charge in [-0.1, -0.05) is 6.07 Å². The zero-order chi connectivity index (χ0) is 16.3. The third kappa shape index (κ3) is 4.01. The van der Waals surface area contributed by atoms with Crippen molar-refractivity contribution in [3.05, 3.63) is 29.8 Å². The summed E-state index contributed by atoms with van der Waals surface area (Å²) in [6.07, 6.45) is 1.55. The molecule has 0 saturated heterocycles. The van der Waals surface area contributed by atoms with Gasteiger partial charge in [0.1, 0.15) is 6.67 Å². The summed E-state index contributed by atoms with van der Waals surface area (Å²) in [6.45, 7) is -1.26. The van der Waals surface area contributed by atoms with E-state index in [0.29, 0.717) is 0 Å². The summed E-state index contributed by atoms with van der Waals surface area (Å²) in [7, 11) is -3.72. The molecule has 1 unspecified atom stereocenters. The van der Waals surface area contributed by atoms with Crippen molar-refractivity contribution in [2.24, 2.45) is 0 Å². The van der Waals surface area contributed by atoms with Crippen LogP contribution >= 0.6 is 0 Å². The van der Waals surface area contributed by atoms with E-state index < -0.39 is 34.6 Å². The molecule has 1 aliphatic carbocycles. The van der Waals surface area contributed by atoms with E-state index in [1.54, 1.807) is 0 Å². The minimum atomic E-state index is -3.72. The molecule has 0 bridgehead atoms. The van der Waals surface area contributed by atoms with E-state index in [1.807, 2.05) is 5.32 Å². The lowest BCUT2D eigenvalue weighted by molar-refractivity contribution is -0.139. The van der Waals surface area contributed by atoms with E-state index >= 15 is 0 Å². The topological polar surface area (TPSA) is 113 Å². The Bertz CT molecular complexity index is 687. The minimum absolute atomic E-state index is 0.0571. The van der Waals surface area contributed by atoms with Crippen molar-refractivity contribution in [2.75, 3.05) is 6.67 Å². The van der Waals surface area contributed by atoms with Crippen LogP contribution in [0.4, 0.5) is 4.39 Å². The number of hydrogen-bond donors (Lipinski definition) is 3. The molecule has 120 valence electrons. The normalized spacial score (nSPS) is 16.0. The van der Waals surface area contributed by atoms with Gasteiger partial charge in [-0.25, -0.2) is 22.3 Å². The first kappa shape index (κ1) is 16.4. The lowest BCUT2D eigenvalue weighted by Gasteiger charge is -2.11. The molecule has 0 aliphatic heterocycles. The fourth-order valence-corrected chi connectivity index (χ4v) is 3.05. The number of aliphatic carboxylic acids is 1. The Morgan fingerprint density at radius 2 is 2.05 bits per heavy atom. The predicted octanol–water partition coefficient (Wildman–Crippen LogP) is 0.280. The van der Waals surface area contributed by atoms with Gasteiger partial charge >= 0.3 is 5.97 Å². The van der Waals surface area contributed by atoms with Gasteiger partial charge in [-0.05, 0) is 31.0 Å². The summed E-state index contributed by atoms with van der Waals surface area (Å²) in [5, 5.41) is 10.7. The van der Waals surface area contributed by atoms with Gasteiger partial charge in [-0.3, -0.25) is 4.79 Å². The molecule has 3 N–H and O–H groups in total. The van der Waals surface area contributed by atoms with Gasteiger partial charge in [0.25, 0.3) is 5.91 Å². The van der Waals surface area contributed by atoms with Gasteiger partial charge in [-0.2, -0.15) is 0 Å². The van der Waals surface area contributed by atoms with E-state index in [-0.39, 0.29) is 16.5 Å². The number of halogens is 1. The number of carboxylic acids is 1. The minimum Gasteiger partial charge on any atom is -0.480 e. The predicted molar refractivity (Wildman–Crippen MR) is 74.7 cm³/mol. The van der Waals surface area contributed by atoms with E-state index in [2.05, 4.69) is 4.72 Å². The average Bonchev–Trinajstić information content (AvgIpc) is 3.27. The molecule has 1 aliphatic rings. The van der Waals surface area contributed by atoms with E-state index in [1.165, 1.54) is 18.2 Å². The van der Waals surface area contributed by atoms with Crippen LogP contribution in [0.1, 0.15) is 23.2 Å². The van der Waals surface area contributed by atoms with Crippen LogP contribution in [0.5, 0.6) is 0 Å². The van der Waals surface area contributed by atoms with Crippen LogP contribution in [0.25, 0.3) is 0 Å². The number of benzene rings is 1. The number of alkyl halides is 1. The van der Waals surface area contributed by atoms with Crippen molar-refractivity contribution >= 4 is 21.9 Å². The van der Waals surface area contributed by atoms with Crippen LogP contribution in [0.2, 0.25) is 0 Å². The molecule has 0 radical (unpaired) electrons. The number of carboxylic acid groups (broad SMARTS) is 1. The second kappa shape index (κ2) is 6.41. The molecular weight excluding hydrogens is 315 g/mol. The number of carbonyl (C=O) groups excluding carboxylic acids is 1. The molecule has 0 aromatic heterocycles. The van der Waals surface area contributed by atoms with Gasteiger partial charge in [-0.15, -0.1) is 0 Å². The Labute approximate surface area is 126 Å². The lowest BCUT2D eigenvalue weighted by atomic mass is 10.2. The number of hydrogen-bond acceptors (Lipinski definition) is 4. The highest BCUT2D eigenvalue weighted by Gasteiger charge is 2.28. The summed E-state index contributed by atoms with van der Waals surface area (Å²) < 4.78 is 39.1. The molecule has 7 nitrogen and oxygen atoms in total. The van der Waals surface area contributed by atoms with Crippen molar-refractivity contribution < 1.29 is 27.5 Å². The standard InChI is InChI=1S/C13H15FN2O5S/c14-7-11(13(18)19)15-12(17)8-2-1-3-10(6-8)22(20,21)16-9-4-5-9/h1-3,6,9,11,16H,4-5,7H2,(H,15,17)(H,18,19). The highest BCUT2D eigenvalue weighted by atomic mass is 32.2. The first-order valence-corrected chi connectivity index (χ1v) is 8.04. The van der Waals surface area contributed by atoms with Gasteiger partial charge in [0.2, 0.25) is 10.0 Å². The van der Waals surface area contributed by atoms with Crippen LogP contribution in [-0.2, 0) is 14.8 Å². The molecule has 1 aromatic carbocycles.